The summed E-state index contributed by atoms with van der Waals surface area (Å²) < 4.78 is 5.24. The van der Waals surface area contributed by atoms with E-state index in [2.05, 4.69) is 18.2 Å². The van der Waals surface area contributed by atoms with Crippen molar-refractivity contribution in [1.82, 2.24) is 0 Å². The van der Waals surface area contributed by atoms with E-state index in [1.165, 1.54) is 36.8 Å². The Hall–Kier alpha value is -1.02. The normalized spacial score (nSPS) is 32.5. The van der Waals surface area contributed by atoms with Crippen LogP contribution < -0.4 is 10.5 Å². The Balaban J connectivity index is 1.91. The lowest BCUT2D eigenvalue weighted by molar-refractivity contribution is 0.404. The molecule has 0 heterocycles. The molecule has 15 heavy (non-hydrogen) atoms. The average Bonchev–Trinajstić information content (AvgIpc) is 2.87. The standard InChI is InChI=1S/C13H17NO/c1-15-11-3-2-10-7-13(8-12(13)14)5-4-9(10)6-11/h2-3,6,12H,4-5,7-8,14H2,1H3. The highest BCUT2D eigenvalue weighted by Crippen LogP contribution is 2.53. The van der Waals surface area contributed by atoms with Crippen molar-refractivity contribution in [3.8, 4) is 5.75 Å². The van der Waals surface area contributed by atoms with E-state index in [0.29, 0.717) is 11.5 Å². The third-order valence-electron chi connectivity index (χ3n) is 4.10. The van der Waals surface area contributed by atoms with Crippen LogP contribution in [0.5, 0.6) is 5.75 Å². The van der Waals surface area contributed by atoms with Gasteiger partial charge in [0.2, 0.25) is 0 Å². The summed E-state index contributed by atoms with van der Waals surface area (Å²) in [6.07, 6.45) is 4.82. The molecule has 1 aromatic rings. The van der Waals surface area contributed by atoms with Crippen LogP contribution in [0.3, 0.4) is 0 Å². The molecule has 0 radical (unpaired) electrons. The fourth-order valence-electron chi connectivity index (χ4n) is 2.86. The Bertz CT molecular complexity index is 402. The fraction of sp³-hybridized carbons (Fsp3) is 0.538. The molecule has 1 saturated carbocycles. The highest BCUT2D eigenvalue weighted by Gasteiger charge is 2.52. The molecule has 0 aliphatic heterocycles. The number of nitrogens with two attached hydrogens (primary N) is 1. The summed E-state index contributed by atoms with van der Waals surface area (Å²) in [7, 11) is 1.73. The van der Waals surface area contributed by atoms with E-state index in [9.17, 15) is 0 Å². The van der Waals surface area contributed by atoms with Crippen LogP contribution in [0.2, 0.25) is 0 Å². The minimum Gasteiger partial charge on any atom is -0.497 e. The van der Waals surface area contributed by atoms with Crippen molar-refractivity contribution in [2.24, 2.45) is 11.1 Å². The quantitative estimate of drug-likeness (QED) is 0.756. The van der Waals surface area contributed by atoms with E-state index in [1.807, 2.05) is 0 Å². The van der Waals surface area contributed by atoms with Gasteiger partial charge < -0.3 is 10.5 Å². The number of aryl methyl sites for hydroxylation is 1. The highest BCUT2D eigenvalue weighted by atomic mass is 16.5. The van der Waals surface area contributed by atoms with Crippen molar-refractivity contribution >= 4 is 0 Å². The van der Waals surface area contributed by atoms with E-state index < -0.39 is 0 Å². The zero-order chi connectivity index (χ0) is 10.5. The minimum absolute atomic E-state index is 0.452. The van der Waals surface area contributed by atoms with Crippen LogP contribution >= 0.6 is 0 Å². The summed E-state index contributed by atoms with van der Waals surface area (Å²) >= 11 is 0. The molecule has 2 aliphatic rings. The van der Waals surface area contributed by atoms with Crippen molar-refractivity contribution in [3.63, 3.8) is 0 Å². The first-order valence-electron chi connectivity index (χ1n) is 5.65. The van der Waals surface area contributed by atoms with Gasteiger partial charge in [0.1, 0.15) is 5.75 Å². The van der Waals surface area contributed by atoms with E-state index >= 15 is 0 Å². The van der Waals surface area contributed by atoms with Gasteiger partial charge in [-0.05, 0) is 54.4 Å². The van der Waals surface area contributed by atoms with Gasteiger partial charge in [-0.1, -0.05) is 6.07 Å². The van der Waals surface area contributed by atoms with Crippen molar-refractivity contribution in [2.45, 2.75) is 31.7 Å². The molecule has 2 nitrogen and oxygen atoms in total. The molecule has 3 rings (SSSR count). The average molecular weight is 203 g/mol. The molecule has 1 spiro atoms. The van der Waals surface area contributed by atoms with E-state index in [1.54, 1.807) is 7.11 Å². The molecule has 0 aromatic heterocycles. The Morgan fingerprint density at radius 3 is 2.87 bits per heavy atom. The Labute approximate surface area is 90.4 Å². The topological polar surface area (TPSA) is 35.2 Å². The van der Waals surface area contributed by atoms with Crippen LogP contribution in [0.4, 0.5) is 0 Å². The maximum atomic E-state index is 6.02. The molecule has 0 amide bonds. The Morgan fingerprint density at radius 2 is 2.20 bits per heavy atom. The van der Waals surface area contributed by atoms with Crippen molar-refractivity contribution in [1.29, 1.82) is 0 Å². The van der Waals surface area contributed by atoms with Gasteiger partial charge in [-0.25, -0.2) is 0 Å². The van der Waals surface area contributed by atoms with Crippen molar-refractivity contribution in [2.75, 3.05) is 7.11 Å². The molecule has 2 N–H and O–H groups in total. The summed E-state index contributed by atoms with van der Waals surface area (Å²) in [6.45, 7) is 0. The van der Waals surface area contributed by atoms with Crippen LogP contribution in [0, 0.1) is 5.41 Å². The molecular weight excluding hydrogens is 186 g/mol. The van der Waals surface area contributed by atoms with Gasteiger partial charge in [-0.15, -0.1) is 0 Å². The van der Waals surface area contributed by atoms with Crippen molar-refractivity contribution in [3.05, 3.63) is 29.3 Å². The van der Waals surface area contributed by atoms with E-state index in [4.69, 9.17) is 10.5 Å². The molecule has 2 unspecified atom stereocenters. The summed E-state index contributed by atoms with van der Waals surface area (Å²) in [4.78, 5) is 0. The third kappa shape index (κ3) is 1.36. The molecule has 1 aromatic carbocycles. The summed E-state index contributed by atoms with van der Waals surface area (Å²) in [5, 5.41) is 0. The predicted octanol–water partition coefficient (Wildman–Crippen LogP) is 1.90. The number of benzene rings is 1. The van der Waals surface area contributed by atoms with Crippen LogP contribution in [0.15, 0.2) is 18.2 Å². The van der Waals surface area contributed by atoms with Gasteiger partial charge in [0.05, 0.1) is 7.11 Å². The molecule has 2 atom stereocenters. The minimum atomic E-state index is 0.452. The van der Waals surface area contributed by atoms with Crippen LogP contribution in [0.1, 0.15) is 24.0 Å². The van der Waals surface area contributed by atoms with Gasteiger partial charge in [-0.2, -0.15) is 0 Å². The highest BCUT2D eigenvalue weighted by molar-refractivity contribution is 5.39. The molecule has 2 heteroatoms. The second kappa shape index (κ2) is 2.99. The maximum absolute atomic E-state index is 6.02. The largest absolute Gasteiger partial charge is 0.497 e. The summed E-state index contributed by atoms with van der Waals surface area (Å²) in [5.41, 5.74) is 9.42. The number of hydrogen-bond donors (Lipinski definition) is 1. The Morgan fingerprint density at radius 1 is 1.40 bits per heavy atom. The zero-order valence-corrected chi connectivity index (χ0v) is 9.12. The lowest BCUT2D eigenvalue weighted by atomic mass is 9.81. The third-order valence-corrected chi connectivity index (χ3v) is 4.10. The van der Waals surface area contributed by atoms with Gasteiger partial charge in [0.15, 0.2) is 0 Å². The van der Waals surface area contributed by atoms with Gasteiger partial charge in [-0.3, -0.25) is 0 Å². The second-order valence-electron chi connectivity index (χ2n) is 4.98. The fourth-order valence-corrected chi connectivity index (χ4v) is 2.86. The lowest BCUT2D eigenvalue weighted by Crippen LogP contribution is -2.22. The van der Waals surface area contributed by atoms with Crippen LogP contribution in [-0.4, -0.2) is 13.2 Å². The maximum Gasteiger partial charge on any atom is 0.119 e. The number of hydrogen-bond acceptors (Lipinski definition) is 2. The van der Waals surface area contributed by atoms with E-state index in [-0.39, 0.29) is 0 Å². The van der Waals surface area contributed by atoms with Gasteiger partial charge in [0.25, 0.3) is 0 Å². The number of fused-ring (bicyclic) bond motifs is 1. The monoisotopic (exact) mass is 203 g/mol. The first-order valence-corrected chi connectivity index (χ1v) is 5.65. The van der Waals surface area contributed by atoms with Crippen LogP contribution in [0.25, 0.3) is 0 Å². The lowest BCUT2D eigenvalue weighted by Gasteiger charge is -2.25. The number of rotatable bonds is 1. The molecular formula is C13H17NO. The van der Waals surface area contributed by atoms with E-state index in [0.717, 1.165) is 5.75 Å². The zero-order valence-electron chi connectivity index (χ0n) is 9.12. The summed E-state index contributed by atoms with van der Waals surface area (Å²) in [6, 6.07) is 6.90. The first-order chi connectivity index (χ1) is 7.23. The second-order valence-corrected chi connectivity index (χ2v) is 4.98. The molecule has 0 saturated heterocycles. The molecule has 0 bridgehead atoms. The van der Waals surface area contributed by atoms with Crippen LogP contribution in [-0.2, 0) is 12.8 Å². The predicted molar refractivity (Wildman–Crippen MR) is 60.0 cm³/mol. The van der Waals surface area contributed by atoms with Gasteiger partial charge >= 0.3 is 0 Å². The summed E-state index contributed by atoms with van der Waals surface area (Å²) in [5.74, 6) is 0.977. The SMILES string of the molecule is COc1ccc2c(c1)CCC1(C2)CC1N. The molecule has 80 valence electrons. The Kier molecular flexibility index (Phi) is 1.84. The number of ether oxygens (including phenoxy) is 1. The molecule has 1 fully saturated rings. The molecule has 2 aliphatic carbocycles. The smallest absolute Gasteiger partial charge is 0.119 e. The van der Waals surface area contributed by atoms with Crippen molar-refractivity contribution < 1.29 is 4.74 Å². The first kappa shape index (κ1) is 9.22. The number of methoxy groups -OCH3 is 1. The van der Waals surface area contributed by atoms with Gasteiger partial charge in [0, 0.05) is 6.04 Å².